The molecule has 0 fully saturated rings. The van der Waals surface area contributed by atoms with Crippen LogP contribution in [0.2, 0.25) is 0 Å². The van der Waals surface area contributed by atoms with Crippen molar-refractivity contribution in [3.63, 3.8) is 0 Å². The monoisotopic (exact) mass is 414 g/mol. The maximum Gasteiger partial charge on any atom is 0.272 e. The summed E-state index contributed by atoms with van der Waals surface area (Å²) in [5.41, 5.74) is 4.38. The van der Waals surface area contributed by atoms with Gasteiger partial charge in [0.1, 0.15) is 5.69 Å². The Morgan fingerprint density at radius 3 is 2.71 bits per heavy atom. The molecule has 1 aromatic heterocycles. The third-order valence-electron chi connectivity index (χ3n) is 6.21. The van der Waals surface area contributed by atoms with E-state index in [2.05, 4.69) is 22.5 Å². The van der Waals surface area contributed by atoms with E-state index in [-0.39, 0.29) is 17.9 Å². The predicted molar refractivity (Wildman–Crippen MR) is 118 cm³/mol. The Labute approximate surface area is 181 Å². The van der Waals surface area contributed by atoms with E-state index >= 15 is 0 Å². The number of aromatic nitrogens is 2. The fraction of sp³-hybridized carbons (Fsp3) is 0.320. The Bertz CT molecular complexity index is 1110. The lowest BCUT2D eigenvalue weighted by Gasteiger charge is -2.26. The molecule has 6 heteroatoms. The highest BCUT2D eigenvalue weighted by Gasteiger charge is 2.28. The summed E-state index contributed by atoms with van der Waals surface area (Å²) in [5.74, 6) is -0.291. The molecule has 2 aliphatic rings. The molecule has 0 radical (unpaired) electrons. The molecule has 0 saturated heterocycles. The summed E-state index contributed by atoms with van der Waals surface area (Å²) in [7, 11) is 0. The smallest absolute Gasteiger partial charge is 0.272 e. The van der Waals surface area contributed by atoms with E-state index in [9.17, 15) is 9.59 Å². The maximum absolute atomic E-state index is 13.2. The van der Waals surface area contributed by atoms with E-state index in [0.717, 1.165) is 31.2 Å². The standard InChI is InChI=1S/C25H26N4O2/c30-24(26-21-13-6-11-19-10-4-5-12-20(19)21)22-16-23-25(31)28(14-7-15-29(23)27-22)17-18-8-2-1-3-9-18/h1-5,8-10,12,16,21H,6-7,11,13-15,17H2,(H,26,30). The first-order valence-corrected chi connectivity index (χ1v) is 11.0. The van der Waals surface area contributed by atoms with Gasteiger partial charge in [0.25, 0.3) is 11.8 Å². The van der Waals surface area contributed by atoms with Crippen LogP contribution < -0.4 is 5.32 Å². The number of benzene rings is 2. The molecule has 2 amide bonds. The van der Waals surface area contributed by atoms with Gasteiger partial charge in [-0.1, -0.05) is 54.6 Å². The van der Waals surface area contributed by atoms with Crippen LogP contribution in [-0.2, 0) is 19.5 Å². The lowest BCUT2D eigenvalue weighted by molar-refractivity contribution is 0.0745. The van der Waals surface area contributed by atoms with Gasteiger partial charge < -0.3 is 10.2 Å². The summed E-state index contributed by atoms with van der Waals surface area (Å²) in [6.45, 7) is 1.87. The molecule has 0 spiro atoms. The van der Waals surface area contributed by atoms with Crippen LogP contribution in [0, 0.1) is 0 Å². The third-order valence-corrected chi connectivity index (χ3v) is 6.21. The van der Waals surface area contributed by atoms with Crippen LogP contribution in [0.3, 0.4) is 0 Å². The highest BCUT2D eigenvalue weighted by molar-refractivity contribution is 5.98. The van der Waals surface area contributed by atoms with E-state index in [1.807, 2.05) is 47.4 Å². The SMILES string of the molecule is O=C(NC1CCCc2ccccc21)c1cc2n(n1)CCCN(Cc1ccccc1)C2=O. The van der Waals surface area contributed by atoms with Crippen molar-refractivity contribution >= 4 is 11.8 Å². The average Bonchev–Trinajstić information content (AvgIpc) is 3.17. The van der Waals surface area contributed by atoms with Gasteiger partial charge in [-0.25, -0.2) is 0 Å². The average molecular weight is 415 g/mol. The Morgan fingerprint density at radius 1 is 1.03 bits per heavy atom. The van der Waals surface area contributed by atoms with Crippen molar-refractivity contribution in [1.29, 1.82) is 0 Å². The highest BCUT2D eigenvalue weighted by Crippen LogP contribution is 2.29. The van der Waals surface area contributed by atoms with Crippen molar-refractivity contribution in [2.75, 3.05) is 6.54 Å². The van der Waals surface area contributed by atoms with E-state index < -0.39 is 0 Å². The van der Waals surface area contributed by atoms with Crippen LogP contribution in [-0.4, -0.2) is 33.0 Å². The van der Waals surface area contributed by atoms with Crippen LogP contribution in [0.1, 0.15) is 63.0 Å². The zero-order chi connectivity index (χ0) is 21.2. The number of carbonyl (C=O) groups excluding carboxylic acids is 2. The minimum atomic E-state index is -0.218. The third kappa shape index (κ3) is 3.98. The summed E-state index contributed by atoms with van der Waals surface area (Å²) in [5, 5.41) is 7.62. The quantitative estimate of drug-likeness (QED) is 0.707. The number of rotatable bonds is 4. The topological polar surface area (TPSA) is 67.2 Å². The number of hydrogen-bond acceptors (Lipinski definition) is 3. The van der Waals surface area contributed by atoms with Crippen molar-refractivity contribution in [3.8, 4) is 0 Å². The zero-order valence-corrected chi connectivity index (χ0v) is 17.5. The first kappa shape index (κ1) is 19.5. The van der Waals surface area contributed by atoms with Crippen molar-refractivity contribution in [2.24, 2.45) is 0 Å². The molecule has 0 saturated carbocycles. The van der Waals surface area contributed by atoms with Gasteiger partial charge in [-0.2, -0.15) is 5.10 Å². The van der Waals surface area contributed by atoms with Crippen molar-refractivity contribution < 1.29 is 9.59 Å². The second-order valence-corrected chi connectivity index (χ2v) is 8.32. The fourth-order valence-corrected chi connectivity index (χ4v) is 4.64. The molecule has 31 heavy (non-hydrogen) atoms. The maximum atomic E-state index is 13.2. The summed E-state index contributed by atoms with van der Waals surface area (Å²) >= 11 is 0. The Kier molecular flexibility index (Phi) is 5.28. The Hall–Kier alpha value is -3.41. The second-order valence-electron chi connectivity index (χ2n) is 8.32. The second kappa shape index (κ2) is 8.38. The largest absolute Gasteiger partial charge is 0.344 e. The van der Waals surface area contributed by atoms with Gasteiger partial charge in [0, 0.05) is 25.7 Å². The van der Waals surface area contributed by atoms with Crippen LogP contribution in [0.15, 0.2) is 60.7 Å². The van der Waals surface area contributed by atoms with Gasteiger partial charge >= 0.3 is 0 Å². The Balaban J connectivity index is 1.34. The van der Waals surface area contributed by atoms with Gasteiger partial charge in [-0.3, -0.25) is 14.3 Å². The lowest BCUT2D eigenvalue weighted by Crippen LogP contribution is -2.31. The van der Waals surface area contributed by atoms with E-state index in [1.54, 1.807) is 10.7 Å². The minimum absolute atomic E-state index is 0.00997. The number of carbonyl (C=O) groups is 2. The normalized spacial score (nSPS) is 18.1. The number of nitrogens with zero attached hydrogens (tertiary/aromatic N) is 3. The first-order chi connectivity index (χ1) is 15.2. The highest BCUT2D eigenvalue weighted by atomic mass is 16.2. The lowest BCUT2D eigenvalue weighted by atomic mass is 9.87. The van der Waals surface area contributed by atoms with Crippen molar-refractivity contribution in [3.05, 3.63) is 88.7 Å². The zero-order valence-electron chi connectivity index (χ0n) is 17.5. The van der Waals surface area contributed by atoms with Crippen LogP contribution >= 0.6 is 0 Å². The van der Waals surface area contributed by atoms with Gasteiger partial charge in [0.2, 0.25) is 0 Å². The summed E-state index contributed by atoms with van der Waals surface area (Å²) in [6, 6.07) is 19.9. The molecule has 6 nitrogen and oxygen atoms in total. The van der Waals surface area contributed by atoms with Crippen molar-refractivity contribution in [2.45, 2.75) is 44.8 Å². The molecule has 5 rings (SSSR count). The molecule has 3 aromatic rings. The molecule has 1 N–H and O–H groups in total. The van der Waals surface area contributed by atoms with E-state index in [1.165, 1.54) is 11.1 Å². The molecular weight excluding hydrogens is 388 g/mol. The molecule has 158 valence electrons. The summed E-state index contributed by atoms with van der Waals surface area (Å²) < 4.78 is 1.69. The predicted octanol–water partition coefficient (Wildman–Crippen LogP) is 3.74. The van der Waals surface area contributed by atoms with Crippen LogP contribution in [0.5, 0.6) is 0 Å². The van der Waals surface area contributed by atoms with Gasteiger partial charge in [0.05, 0.1) is 6.04 Å². The molecule has 0 bridgehead atoms. The number of nitrogens with one attached hydrogen (secondary N) is 1. The first-order valence-electron chi connectivity index (χ1n) is 11.0. The number of aryl methyl sites for hydroxylation is 2. The van der Waals surface area contributed by atoms with Gasteiger partial charge in [-0.15, -0.1) is 0 Å². The summed E-state index contributed by atoms with van der Waals surface area (Å²) in [4.78, 5) is 28.0. The van der Waals surface area contributed by atoms with Crippen molar-refractivity contribution in [1.82, 2.24) is 20.0 Å². The number of hydrogen-bond donors (Lipinski definition) is 1. The van der Waals surface area contributed by atoms with Crippen LogP contribution in [0.25, 0.3) is 0 Å². The van der Waals surface area contributed by atoms with E-state index in [0.29, 0.717) is 31.0 Å². The Morgan fingerprint density at radius 2 is 1.84 bits per heavy atom. The minimum Gasteiger partial charge on any atom is -0.344 e. The van der Waals surface area contributed by atoms with Crippen LogP contribution in [0.4, 0.5) is 0 Å². The molecule has 1 unspecified atom stereocenters. The molecular formula is C25H26N4O2. The number of amides is 2. The van der Waals surface area contributed by atoms with Gasteiger partial charge in [-0.05, 0) is 42.4 Å². The number of fused-ring (bicyclic) bond motifs is 2. The molecule has 1 atom stereocenters. The molecule has 2 heterocycles. The van der Waals surface area contributed by atoms with Gasteiger partial charge in [0.15, 0.2) is 5.69 Å². The molecule has 1 aliphatic carbocycles. The van der Waals surface area contributed by atoms with E-state index in [4.69, 9.17) is 0 Å². The molecule has 2 aromatic carbocycles. The fourth-order valence-electron chi connectivity index (χ4n) is 4.64. The summed E-state index contributed by atoms with van der Waals surface area (Å²) in [6.07, 6.45) is 3.83. The molecule has 1 aliphatic heterocycles.